The second-order valence-electron chi connectivity index (χ2n) is 3.89. The molecular formula is C11H14N2O2. The van der Waals surface area contributed by atoms with Crippen LogP contribution in [-0.4, -0.2) is 11.0 Å². The van der Waals surface area contributed by atoms with Gasteiger partial charge < -0.3 is 5.32 Å². The molecule has 1 saturated carbocycles. The molecule has 0 amide bonds. The van der Waals surface area contributed by atoms with Gasteiger partial charge in [-0.3, -0.25) is 10.1 Å². The minimum Gasteiger partial charge on any atom is -0.310 e. The highest BCUT2D eigenvalue weighted by Crippen LogP contribution is 2.21. The van der Waals surface area contributed by atoms with Gasteiger partial charge in [0.1, 0.15) is 0 Å². The summed E-state index contributed by atoms with van der Waals surface area (Å²) in [5.41, 5.74) is 0.985. The van der Waals surface area contributed by atoms with E-state index in [2.05, 4.69) is 5.32 Å². The maximum atomic E-state index is 10.7. The first-order valence-electron chi connectivity index (χ1n) is 5.23. The summed E-state index contributed by atoms with van der Waals surface area (Å²) in [7, 11) is 0. The Hall–Kier alpha value is -1.42. The zero-order chi connectivity index (χ0) is 10.7. The monoisotopic (exact) mass is 206 g/mol. The molecule has 0 heterocycles. The summed E-state index contributed by atoms with van der Waals surface area (Å²) < 4.78 is 0. The second kappa shape index (κ2) is 4.40. The van der Waals surface area contributed by atoms with E-state index in [1.54, 1.807) is 12.1 Å². The molecule has 4 heteroatoms. The summed E-state index contributed by atoms with van der Waals surface area (Å²) in [6, 6.07) is 7.46. The fraction of sp³-hybridized carbons (Fsp3) is 0.455. The zero-order valence-corrected chi connectivity index (χ0v) is 8.48. The summed E-state index contributed by atoms with van der Waals surface area (Å²) in [5, 5.41) is 14.1. The van der Waals surface area contributed by atoms with Gasteiger partial charge in [-0.15, -0.1) is 0 Å². The van der Waals surface area contributed by atoms with Gasteiger partial charge in [-0.1, -0.05) is 24.6 Å². The molecule has 1 aromatic rings. The van der Waals surface area contributed by atoms with Gasteiger partial charge in [0.25, 0.3) is 5.69 Å². The Morgan fingerprint density at radius 2 is 2.13 bits per heavy atom. The molecule has 0 aliphatic heterocycles. The van der Waals surface area contributed by atoms with Crippen LogP contribution in [0.15, 0.2) is 24.3 Å². The molecular weight excluding hydrogens is 192 g/mol. The van der Waals surface area contributed by atoms with Crippen molar-refractivity contribution in [3.8, 4) is 0 Å². The number of benzene rings is 1. The van der Waals surface area contributed by atoms with Crippen LogP contribution in [0, 0.1) is 10.1 Å². The maximum Gasteiger partial charge on any atom is 0.273 e. The Bertz CT molecular complexity index is 361. The first-order valence-corrected chi connectivity index (χ1v) is 5.23. The van der Waals surface area contributed by atoms with Gasteiger partial charge in [0.15, 0.2) is 0 Å². The third kappa shape index (κ3) is 2.33. The molecule has 80 valence electrons. The lowest BCUT2D eigenvalue weighted by Crippen LogP contribution is -2.34. The van der Waals surface area contributed by atoms with Crippen LogP contribution < -0.4 is 5.32 Å². The summed E-state index contributed by atoms with van der Waals surface area (Å²) in [6.45, 7) is 0.599. The summed E-state index contributed by atoms with van der Waals surface area (Å²) in [4.78, 5) is 10.4. The normalized spacial score (nSPS) is 16.0. The fourth-order valence-corrected chi connectivity index (χ4v) is 1.71. The van der Waals surface area contributed by atoms with Crippen molar-refractivity contribution in [2.45, 2.75) is 31.8 Å². The van der Waals surface area contributed by atoms with E-state index in [4.69, 9.17) is 0 Å². The number of nitrogens with zero attached hydrogens (tertiary/aromatic N) is 1. The van der Waals surface area contributed by atoms with Crippen LogP contribution >= 0.6 is 0 Å². The van der Waals surface area contributed by atoms with Crippen LogP contribution in [0.4, 0.5) is 5.69 Å². The van der Waals surface area contributed by atoms with E-state index in [0.29, 0.717) is 12.6 Å². The average molecular weight is 206 g/mol. The average Bonchev–Trinajstić information content (AvgIpc) is 2.16. The van der Waals surface area contributed by atoms with Gasteiger partial charge >= 0.3 is 0 Å². The highest BCUT2D eigenvalue weighted by Gasteiger charge is 2.18. The van der Waals surface area contributed by atoms with Gasteiger partial charge in [0.2, 0.25) is 0 Å². The van der Waals surface area contributed by atoms with Crippen molar-refractivity contribution in [3.63, 3.8) is 0 Å². The van der Waals surface area contributed by atoms with Crippen LogP contribution in [0.2, 0.25) is 0 Å². The number of hydrogen-bond acceptors (Lipinski definition) is 3. The standard InChI is InChI=1S/C11H14N2O2/c14-13(15)11-7-2-1-4-9(11)8-12-10-5-3-6-10/h1-2,4,7,10,12H,3,5-6,8H2. The van der Waals surface area contributed by atoms with E-state index < -0.39 is 0 Å². The van der Waals surface area contributed by atoms with Crippen molar-refractivity contribution in [2.24, 2.45) is 0 Å². The van der Waals surface area contributed by atoms with Crippen molar-refractivity contribution in [1.29, 1.82) is 0 Å². The van der Waals surface area contributed by atoms with Crippen LogP contribution in [0.5, 0.6) is 0 Å². The van der Waals surface area contributed by atoms with Crippen molar-refractivity contribution in [1.82, 2.24) is 5.32 Å². The van der Waals surface area contributed by atoms with Gasteiger partial charge in [-0.25, -0.2) is 0 Å². The number of rotatable bonds is 4. The molecule has 0 unspecified atom stereocenters. The molecule has 0 radical (unpaired) electrons. The van der Waals surface area contributed by atoms with E-state index in [9.17, 15) is 10.1 Å². The van der Waals surface area contributed by atoms with Crippen molar-refractivity contribution >= 4 is 5.69 Å². The Balaban J connectivity index is 2.02. The number of nitro benzene ring substituents is 1. The molecule has 15 heavy (non-hydrogen) atoms. The van der Waals surface area contributed by atoms with Crippen LogP contribution in [-0.2, 0) is 6.54 Å². The lowest BCUT2D eigenvalue weighted by molar-refractivity contribution is -0.385. The van der Waals surface area contributed by atoms with Crippen LogP contribution in [0.3, 0.4) is 0 Å². The topological polar surface area (TPSA) is 55.2 Å². The number of nitro groups is 1. The van der Waals surface area contributed by atoms with Gasteiger partial charge in [-0.05, 0) is 12.8 Å². The molecule has 1 aromatic carbocycles. The molecule has 1 aliphatic carbocycles. The first-order chi connectivity index (χ1) is 7.27. The largest absolute Gasteiger partial charge is 0.310 e. The zero-order valence-electron chi connectivity index (χ0n) is 8.48. The molecule has 4 nitrogen and oxygen atoms in total. The summed E-state index contributed by atoms with van der Waals surface area (Å²) >= 11 is 0. The Morgan fingerprint density at radius 3 is 2.73 bits per heavy atom. The van der Waals surface area contributed by atoms with E-state index >= 15 is 0 Å². The second-order valence-corrected chi connectivity index (χ2v) is 3.89. The predicted octanol–water partition coefficient (Wildman–Crippen LogP) is 2.24. The third-order valence-electron chi connectivity index (χ3n) is 2.87. The highest BCUT2D eigenvalue weighted by atomic mass is 16.6. The maximum absolute atomic E-state index is 10.7. The molecule has 0 atom stereocenters. The molecule has 0 aromatic heterocycles. The number of nitrogens with one attached hydrogen (secondary N) is 1. The molecule has 0 bridgehead atoms. The summed E-state index contributed by atoms with van der Waals surface area (Å²) in [6.07, 6.45) is 3.66. The van der Waals surface area contributed by atoms with Gasteiger partial charge in [0, 0.05) is 24.2 Å². The minimum atomic E-state index is -0.322. The molecule has 1 aliphatic rings. The van der Waals surface area contributed by atoms with Gasteiger partial charge in [-0.2, -0.15) is 0 Å². The smallest absolute Gasteiger partial charge is 0.273 e. The molecule has 2 rings (SSSR count). The lowest BCUT2D eigenvalue weighted by atomic mass is 9.93. The quantitative estimate of drug-likeness (QED) is 0.607. The molecule has 0 saturated heterocycles. The third-order valence-corrected chi connectivity index (χ3v) is 2.87. The minimum absolute atomic E-state index is 0.212. The Labute approximate surface area is 88.5 Å². The van der Waals surface area contributed by atoms with Crippen LogP contribution in [0.1, 0.15) is 24.8 Å². The predicted molar refractivity (Wildman–Crippen MR) is 57.6 cm³/mol. The van der Waals surface area contributed by atoms with Crippen molar-refractivity contribution in [3.05, 3.63) is 39.9 Å². The van der Waals surface area contributed by atoms with Crippen molar-refractivity contribution in [2.75, 3.05) is 0 Å². The van der Waals surface area contributed by atoms with E-state index in [-0.39, 0.29) is 10.6 Å². The fourth-order valence-electron chi connectivity index (χ4n) is 1.71. The summed E-state index contributed by atoms with van der Waals surface area (Å²) in [5.74, 6) is 0. The van der Waals surface area contributed by atoms with Crippen molar-refractivity contribution < 1.29 is 4.92 Å². The molecule has 1 fully saturated rings. The van der Waals surface area contributed by atoms with Crippen LogP contribution in [0.25, 0.3) is 0 Å². The van der Waals surface area contributed by atoms with E-state index in [0.717, 1.165) is 5.56 Å². The lowest BCUT2D eigenvalue weighted by Gasteiger charge is -2.26. The number of para-hydroxylation sites is 1. The Kier molecular flexibility index (Phi) is 2.97. The van der Waals surface area contributed by atoms with E-state index in [1.807, 2.05) is 12.1 Å². The SMILES string of the molecule is O=[N+]([O-])c1ccccc1CNC1CCC1. The highest BCUT2D eigenvalue weighted by molar-refractivity contribution is 5.39. The number of hydrogen-bond donors (Lipinski definition) is 1. The molecule has 1 N–H and O–H groups in total. The first kappa shape index (κ1) is 10.1. The Morgan fingerprint density at radius 1 is 1.40 bits per heavy atom. The van der Waals surface area contributed by atoms with Gasteiger partial charge in [0.05, 0.1) is 4.92 Å². The molecule has 0 spiro atoms. The van der Waals surface area contributed by atoms with E-state index in [1.165, 1.54) is 19.3 Å².